The van der Waals surface area contributed by atoms with E-state index >= 15 is 0 Å². The molecule has 1 aliphatic carbocycles. The Morgan fingerprint density at radius 3 is 2.91 bits per heavy atom. The van der Waals surface area contributed by atoms with Crippen molar-refractivity contribution in [3.8, 4) is 0 Å². The molecule has 1 N–H and O–H groups in total. The first-order chi connectivity index (χ1) is 10.8. The third-order valence-electron chi connectivity index (χ3n) is 4.95. The molecule has 4 rings (SSSR count). The van der Waals surface area contributed by atoms with E-state index in [1.54, 1.807) is 0 Å². The topological polar surface area (TPSA) is 34.1 Å². The fraction of sp³-hybridized carbons (Fsp3) is 0.526. The van der Waals surface area contributed by atoms with Gasteiger partial charge in [0.25, 0.3) is 0 Å². The molecule has 2 aliphatic rings. The molecule has 1 aromatic carbocycles. The molecular formula is C19H24N2O. The number of para-hydroxylation sites is 1. The molecule has 1 aromatic heterocycles. The molecular weight excluding hydrogens is 272 g/mol. The van der Waals surface area contributed by atoms with Gasteiger partial charge in [-0.15, -0.1) is 0 Å². The molecule has 0 spiro atoms. The molecule has 22 heavy (non-hydrogen) atoms. The average Bonchev–Trinajstić information content (AvgIpc) is 3.40. The van der Waals surface area contributed by atoms with E-state index in [-0.39, 0.29) is 0 Å². The highest BCUT2D eigenvalue weighted by Crippen LogP contribution is 2.38. The SMILES string of the molecule is CCc1cc(NC2CCOC(C3CC3)C2)c2ccccc2n1. The van der Waals surface area contributed by atoms with E-state index in [0.717, 1.165) is 43.0 Å². The minimum atomic E-state index is 0.477. The molecule has 0 bridgehead atoms. The minimum Gasteiger partial charge on any atom is -0.382 e. The van der Waals surface area contributed by atoms with Gasteiger partial charge < -0.3 is 10.1 Å². The number of fused-ring (bicyclic) bond motifs is 1. The van der Waals surface area contributed by atoms with Gasteiger partial charge in [0, 0.05) is 29.4 Å². The summed E-state index contributed by atoms with van der Waals surface area (Å²) in [6.45, 7) is 3.06. The van der Waals surface area contributed by atoms with Gasteiger partial charge in [-0.1, -0.05) is 25.1 Å². The number of hydrogen-bond donors (Lipinski definition) is 1. The summed E-state index contributed by atoms with van der Waals surface area (Å²) in [6.07, 6.45) is 6.40. The highest BCUT2D eigenvalue weighted by molar-refractivity contribution is 5.91. The second-order valence-electron chi connectivity index (χ2n) is 6.64. The highest BCUT2D eigenvalue weighted by Gasteiger charge is 2.35. The average molecular weight is 296 g/mol. The van der Waals surface area contributed by atoms with Crippen LogP contribution in [0.3, 0.4) is 0 Å². The smallest absolute Gasteiger partial charge is 0.0726 e. The number of pyridine rings is 1. The zero-order chi connectivity index (χ0) is 14.9. The number of anilines is 1. The maximum atomic E-state index is 5.95. The van der Waals surface area contributed by atoms with E-state index in [0.29, 0.717) is 12.1 Å². The second-order valence-corrected chi connectivity index (χ2v) is 6.64. The van der Waals surface area contributed by atoms with Crippen molar-refractivity contribution in [2.45, 2.75) is 51.2 Å². The van der Waals surface area contributed by atoms with Gasteiger partial charge in [-0.3, -0.25) is 4.98 Å². The summed E-state index contributed by atoms with van der Waals surface area (Å²) >= 11 is 0. The van der Waals surface area contributed by atoms with Gasteiger partial charge in [0.1, 0.15) is 0 Å². The highest BCUT2D eigenvalue weighted by atomic mass is 16.5. The lowest BCUT2D eigenvalue weighted by Crippen LogP contribution is -2.35. The van der Waals surface area contributed by atoms with E-state index in [9.17, 15) is 0 Å². The predicted molar refractivity (Wildman–Crippen MR) is 90.2 cm³/mol. The molecule has 3 heteroatoms. The van der Waals surface area contributed by atoms with Crippen molar-refractivity contribution in [1.82, 2.24) is 4.98 Å². The van der Waals surface area contributed by atoms with Crippen LogP contribution in [0.15, 0.2) is 30.3 Å². The van der Waals surface area contributed by atoms with Crippen LogP contribution < -0.4 is 5.32 Å². The second kappa shape index (κ2) is 5.88. The standard InChI is InChI=1S/C19H24N2O/c1-2-14-11-18(16-5-3-4-6-17(16)20-14)21-15-9-10-22-19(12-15)13-7-8-13/h3-6,11,13,15,19H,2,7-10,12H2,1H3,(H,20,21). The molecule has 2 unspecified atom stereocenters. The first-order valence-corrected chi connectivity index (χ1v) is 8.60. The van der Waals surface area contributed by atoms with E-state index in [2.05, 4.69) is 42.6 Å². The number of nitrogens with zero attached hydrogens (tertiary/aromatic N) is 1. The van der Waals surface area contributed by atoms with Crippen LogP contribution in [-0.2, 0) is 11.2 Å². The molecule has 1 aliphatic heterocycles. The number of rotatable bonds is 4. The summed E-state index contributed by atoms with van der Waals surface area (Å²) in [6, 6.07) is 11.2. The van der Waals surface area contributed by atoms with Crippen molar-refractivity contribution in [1.29, 1.82) is 0 Å². The molecule has 0 radical (unpaired) electrons. The van der Waals surface area contributed by atoms with Crippen LogP contribution in [0.25, 0.3) is 10.9 Å². The molecule has 2 atom stereocenters. The van der Waals surface area contributed by atoms with Gasteiger partial charge >= 0.3 is 0 Å². The Balaban J connectivity index is 1.59. The van der Waals surface area contributed by atoms with Crippen LogP contribution >= 0.6 is 0 Å². The molecule has 0 amide bonds. The number of aryl methyl sites for hydroxylation is 1. The van der Waals surface area contributed by atoms with Gasteiger partial charge in [-0.2, -0.15) is 0 Å². The van der Waals surface area contributed by atoms with Crippen LogP contribution in [0, 0.1) is 5.92 Å². The summed E-state index contributed by atoms with van der Waals surface area (Å²) in [7, 11) is 0. The largest absolute Gasteiger partial charge is 0.382 e. The summed E-state index contributed by atoms with van der Waals surface area (Å²) in [5, 5.41) is 5.02. The molecule has 2 fully saturated rings. The Morgan fingerprint density at radius 1 is 1.23 bits per heavy atom. The molecule has 3 nitrogen and oxygen atoms in total. The van der Waals surface area contributed by atoms with Gasteiger partial charge in [0.05, 0.1) is 11.6 Å². The fourth-order valence-corrected chi connectivity index (χ4v) is 3.51. The maximum Gasteiger partial charge on any atom is 0.0726 e. The molecule has 1 saturated heterocycles. The zero-order valence-corrected chi connectivity index (χ0v) is 13.2. The van der Waals surface area contributed by atoms with E-state index in [1.807, 2.05) is 0 Å². The third-order valence-corrected chi connectivity index (χ3v) is 4.95. The monoisotopic (exact) mass is 296 g/mol. The number of hydrogen-bond acceptors (Lipinski definition) is 3. The fourth-order valence-electron chi connectivity index (χ4n) is 3.51. The van der Waals surface area contributed by atoms with Crippen molar-refractivity contribution in [2.24, 2.45) is 5.92 Å². The number of nitrogens with one attached hydrogen (secondary N) is 1. The molecule has 2 heterocycles. The van der Waals surface area contributed by atoms with Crippen molar-refractivity contribution < 1.29 is 4.74 Å². The normalized spacial score (nSPS) is 25.3. The Bertz CT molecular complexity index is 666. The van der Waals surface area contributed by atoms with E-state index in [1.165, 1.54) is 23.9 Å². The van der Waals surface area contributed by atoms with Gasteiger partial charge in [-0.25, -0.2) is 0 Å². The minimum absolute atomic E-state index is 0.477. The Hall–Kier alpha value is -1.61. The van der Waals surface area contributed by atoms with Crippen LogP contribution in [0.1, 0.15) is 38.3 Å². The molecule has 2 aromatic rings. The third kappa shape index (κ3) is 2.82. The summed E-state index contributed by atoms with van der Waals surface area (Å²) < 4.78 is 5.95. The first-order valence-electron chi connectivity index (χ1n) is 8.60. The lowest BCUT2D eigenvalue weighted by molar-refractivity contribution is -0.00217. The Kier molecular flexibility index (Phi) is 3.75. The van der Waals surface area contributed by atoms with Gasteiger partial charge in [0.15, 0.2) is 0 Å². The van der Waals surface area contributed by atoms with Crippen molar-refractivity contribution in [3.05, 3.63) is 36.0 Å². The van der Waals surface area contributed by atoms with Crippen molar-refractivity contribution >= 4 is 16.6 Å². The molecule has 1 saturated carbocycles. The van der Waals surface area contributed by atoms with E-state index in [4.69, 9.17) is 9.72 Å². The zero-order valence-electron chi connectivity index (χ0n) is 13.2. The lowest BCUT2D eigenvalue weighted by Gasteiger charge is -2.31. The lowest BCUT2D eigenvalue weighted by atomic mass is 9.99. The van der Waals surface area contributed by atoms with Crippen LogP contribution in [-0.4, -0.2) is 23.7 Å². The molecule has 116 valence electrons. The Labute approximate surface area is 132 Å². The predicted octanol–water partition coefficient (Wildman–Crippen LogP) is 4.17. The van der Waals surface area contributed by atoms with Crippen molar-refractivity contribution in [3.63, 3.8) is 0 Å². The number of aromatic nitrogens is 1. The quantitative estimate of drug-likeness (QED) is 0.919. The summed E-state index contributed by atoms with van der Waals surface area (Å²) in [4.78, 5) is 4.74. The number of benzene rings is 1. The van der Waals surface area contributed by atoms with Crippen LogP contribution in [0.5, 0.6) is 0 Å². The van der Waals surface area contributed by atoms with Gasteiger partial charge in [-0.05, 0) is 50.2 Å². The van der Waals surface area contributed by atoms with Crippen LogP contribution in [0.4, 0.5) is 5.69 Å². The van der Waals surface area contributed by atoms with Gasteiger partial charge in [0.2, 0.25) is 0 Å². The number of ether oxygens (including phenoxy) is 1. The summed E-state index contributed by atoms with van der Waals surface area (Å²) in [5.74, 6) is 0.824. The first kappa shape index (κ1) is 14.0. The van der Waals surface area contributed by atoms with Crippen LogP contribution in [0.2, 0.25) is 0 Å². The van der Waals surface area contributed by atoms with Crippen molar-refractivity contribution in [2.75, 3.05) is 11.9 Å². The Morgan fingerprint density at radius 2 is 2.09 bits per heavy atom. The maximum absolute atomic E-state index is 5.95. The van der Waals surface area contributed by atoms with E-state index < -0.39 is 0 Å². The summed E-state index contributed by atoms with van der Waals surface area (Å²) in [5.41, 5.74) is 3.49.